The highest BCUT2D eigenvalue weighted by molar-refractivity contribution is 6.09. The third-order valence-corrected chi connectivity index (χ3v) is 5.91. The van der Waals surface area contributed by atoms with E-state index in [1.54, 1.807) is 0 Å². The monoisotopic (exact) mass is 369 g/mol. The van der Waals surface area contributed by atoms with Crippen LogP contribution in [0.4, 0.5) is 11.4 Å². The average molecular weight is 370 g/mol. The highest BCUT2D eigenvalue weighted by Crippen LogP contribution is 2.44. The molecule has 2 heteroatoms. The molecule has 3 aromatic carbocycles. The van der Waals surface area contributed by atoms with E-state index < -0.39 is 0 Å². The normalized spacial score (nSPS) is 15.5. The van der Waals surface area contributed by atoms with Crippen LogP contribution in [0.2, 0.25) is 0 Å². The van der Waals surface area contributed by atoms with Gasteiger partial charge in [-0.3, -0.25) is 0 Å². The third kappa shape index (κ3) is 2.93. The maximum atomic E-state index is 2.46. The van der Waals surface area contributed by atoms with Gasteiger partial charge in [-0.15, -0.1) is 0 Å². The Morgan fingerprint density at radius 2 is 1.61 bits per heavy atom. The lowest BCUT2D eigenvalue weighted by atomic mass is 9.79. The molecule has 0 saturated heterocycles. The summed E-state index contributed by atoms with van der Waals surface area (Å²) < 4.78 is 2.46. The van der Waals surface area contributed by atoms with Crippen LogP contribution in [0.15, 0.2) is 66.7 Å². The Bertz CT molecular complexity index is 1080. The molecule has 0 saturated carbocycles. The summed E-state index contributed by atoms with van der Waals surface area (Å²) in [5.74, 6) is 0. The summed E-state index contributed by atoms with van der Waals surface area (Å²) in [6.45, 7) is 7.90. The lowest BCUT2D eigenvalue weighted by molar-refractivity contribution is -0.433. The molecule has 4 rings (SSSR count). The van der Waals surface area contributed by atoms with E-state index in [1.807, 2.05) is 0 Å². The predicted molar refractivity (Wildman–Crippen MR) is 122 cm³/mol. The standard InChI is InChI=1S/C26H29N2/c1-6-28-23-17-14-20-9-7-8-10-22(20)25(23)26(2,3)24(28)18-13-19-11-15-21(16-12-19)27(4)5/h7-18H,6H2,1-5H3/q+1. The van der Waals surface area contributed by atoms with Gasteiger partial charge >= 0.3 is 0 Å². The van der Waals surface area contributed by atoms with Crippen LogP contribution in [0.1, 0.15) is 31.9 Å². The predicted octanol–water partition coefficient (Wildman–Crippen LogP) is 6.02. The Balaban J connectivity index is 1.78. The highest BCUT2D eigenvalue weighted by atomic mass is 15.1. The van der Waals surface area contributed by atoms with Crippen molar-refractivity contribution in [1.82, 2.24) is 0 Å². The molecule has 0 aromatic heterocycles. The fourth-order valence-corrected chi connectivity index (χ4v) is 4.43. The number of benzene rings is 3. The minimum atomic E-state index is -0.0354. The van der Waals surface area contributed by atoms with Crippen LogP contribution in [0.5, 0.6) is 0 Å². The molecule has 1 aliphatic heterocycles. The van der Waals surface area contributed by atoms with Crippen LogP contribution >= 0.6 is 0 Å². The fraction of sp³-hybridized carbons (Fsp3) is 0.269. The number of hydrogen-bond donors (Lipinski definition) is 0. The second-order valence-corrected chi connectivity index (χ2v) is 8.25. The summed E-state index contributed by atoms with van der Waals surface area (Å²) in [4.78, 5) is 2.13. The average Bonchev–Trinajstić information content (AvgIpc) is 2.92. The van der Waals surface area contributed by atoms with Crippen molar-refractivity contribution in [2.45, 2.75) is 26.2 Å². The first-order valence-corrected chi connectivity index (χ1v) is 10.1. The van der Waals surface area contributed by atoms with Crippen molar-refractivity contribution in [1.29, 1.82) is 0 Å². The van der Waals surface area contributed by atoms with Gasteiger partial charge in [-0.1, -0.05) is 36.4 Å². The zero-order valence-corrected chi connectivity index (χ0v) is 17.5. The summed E-state index contributed by atoms with van der Waals surface area (Å²) in [6, 6.07) is 22.0. The van der Waals surface area contributed by atoms with Crippen LogP contribution < -0.4 is 4.90 Å². The molecule has 28 heavy (non-hydrogen) atoms. The summed E-state index contributed by atoms with van der Waals surface area (Å²) in [5.41, 5.74) is 6.56. The van der Waals surface area contributed by atoms with E-state index in [2.05, 4.69) is 117 Å². The molecule has 0 fully saturated rings. The molecule has 0 spiro atoms. The molecule has 0 amide bonds. The van der Waals surface area contributed by atoms with E-state index in [1.165, 1.54) is 39.0 Å². The molecule has 2 nitrogen and oxygen atoms in total. The molecule has 0 aliphatic carbocycles. The Hall–Kier alpha value is -2.87. The highest BCUT2D eigenvalue weighted by Gasteiger charge is 2.44. The molecule has 3 aromatic rings. The van der Waals surface area contributed by atoms with Gasteiger partial charge in [-0.25, -0.2) is 0 Å². The van der Waals surface area contributed by atoms with E-state index in [4.69, 9.17) is 0 Å². The molecule has 1 heterocycles. The maximum absolute atomic E-state index is 2.46. The molecule has 0 N–H and O–H groups in total. The van der Waals surface area contributed by atoms with E-state index in [0.717, 1.165) is 6.54 Å². The van der Waals surface area contributed by atoms with Gasteiger partial charge in [0.2, 0.25) is 5.69 Å². The number of fused-ring (bicyclic) bond motifs is 3. The number of rotatable bonds is 4. The van der Waals surface area contributed by atoms with E-state index in [-0.39, 0.29) is 5.41 Å². The summed E-state index contributed by atoms with van der Waals surface area (Å²) in [5, 5.41) is 2.68. The maximum Gasteiger partial charge on any atom is 0.210 e. The summed E-state index contributed by atoms with van der Waals surface area (Å²) in [6.07, 6.45) is 4.55. The van der Waals surface area contributed by atoms with E-state index >= 15 is 0 Å². The van der Waals surface area contributed by atoms with Gasteiger partial charge in [-0.2, -0.15) is 4.58 Å². The molecule has 0 radical (unpaired) electrons. The van der Waals surface area contributed by atoms with Gasteiger partial charge in [0.1, 0.15) is 6.54 Å². The molecule has 0 unspecified atom stereocenters. The van der Waals surface area contributed by atoms with Crippen LogP contribution in [0.25, 0.3) is 16.8 Å². The van der Waals surface area contributed by atoms with Crippen molar-refractivity contribution >= 4 is 33.9 Å². The SMILES string of the molecule is CC[N+]1=C(/C=C\c2ccc(N(C)C)cc2)C(C)(C)c2c1ccc1ccccc21. The first-order valence-electron chi connectivity index (χ1n) is 10.1. The first-order chi connectivity index (χ1) is 13.4. The van der Waals surface area contributed by atoms with Gasteiger partial charge in [0.05, 0.1) is 5.41 Å². The number of allylic oxidation sites excluding steroid dienone is 1. The summed E-state index contributed by atoms with van der Waals surface area (Å²) >= 11 is 0. The van der Waals surface area contributed by atoms with E-state index in [0.29, 0.717) is 0 Å². The van der Waals surface area contributed by atoms with Gasteiger partial charge in [0, 0.05) is 37.5 Å². The number of nitrogens with zero attached hydrogens (tertiary/aromatic N) is 2. The van der Waals surface area contributed by atoms with Crippen molar-refractivity contribution in [3.63, 3.8) is 0 Å². The van der Waals surface area contributed by atoms with Gasteiger partial charge in [-0.05, 0) is 61.4 Å². The van der Waals surface area contributed by atoms with Crippen molar-refractivity contribution in [3.8, 4) is 0 Å². The molecule has 142 valence electrons. The minimum absolute atomic E-state index is 0.0354. The fourth-order valence-electron chi connectivity index (χ4n) is 4.43. The second kappa shape index (κ2) is 6.94. The molecular formula is C26H29N2+. The lowest BCUT2D eigenvalue weighted by Gasteiger charge is -2.17. The molecule has 0 atom stereocenters. The quantitative estimate of drug-likeness (QED) is 0.510. The Morgan fingerprint density at radius 1 is 0.893 bits per heavy atom. The Labute approximate surface area is 168 Å². The molecule has 0 bridgehead atoms. The van der Waals surface area contributed by atoms with E-state index in [9.17, 15) is 0 Å². The van der Waals surface area contributed by atoms with Crippen molar-refractivity contribution in [2.24, 2.45) is 0 Å². The van der Waals surface area contributed by atoms with Crippen LogP contribution in [-0.4, -0.2) is 30.9 Å². The molecule has 1 aliphatic rings. The Morgan fingerprint density at radius 3 is 2.29 bits per heavy atom. The van der Waals surface area contributed by atoms with Crippen LogP contribution in [-0.2, 0) is 5.41 Å². The zero-order chi connectivity index (χ0) is 19.9. The zero-order valence-electron chi connectivity index (χ0n) is 17.5. The lowest BCUT2D eigenvalue weighted by Crippen LogP contribution is -2.27. The van der Waals surface area contributed by atoms with Gasteiger partial charge in [0.15, 0.2) is 5.71 Å². The summed E-state index contributed by atoms with van der Waals surface area (Å²) in [7, 11) is 4.14. The van der Waals surface area contributed by atoms with Crippen molar-refractivity contribution in [3.05, 3.63) is 77.9 Å². The van der Waals surface area contributed by atoms with Gasteiger partial charge in [0.25, 0.3) is 0 Å². The Kier molecular flexibility index (Phi) is 4.58. The van der Waals surface area contributed by atoms with Crippen molar-refractivity contribution < 1.29 is 4.58 Å². The van der Waals surface area contributed by atoms with Crippen LogP contribution in [0, 0.1) is 0 Å². The second-order valence-electron chi connectivity index (χ2n) is 8.25. The topological polar surface area (TPSA) is 6.25 Å². The third-order valence-electron chi connectivity index (χ3n) is 5.91. The van der Waals surface area contributed by atoms with Crippen molar-refractivity contribution in [2.75, 3.05) is 25.5 Å². The minimum Gasteiger partial charge on any atom is -0.378 e. The molecular weight excluding hydrogens is 340 g/mol. The first kappa shape index (κ1) is 18.5. The number of anilines is 1. The van der Waals surface area contributed by atoms with Crippen LogP contribution in [0.3, 0.4) is 0 Å². The largest absolute Gasteiger partial charge is 0.378 e. The van der Waals surface area contributed by atoms with Gasteiger partial charge < -0.3 is 4.90 Å². The smallest absolute Gasteiger partial charge is 0.210 e. The number of hydrogen-bond acceptors (Lipinski definition) is 1.